The minimum atomic E-state index is -1.10. The molecule has 0 aliphatic carbocycles. The number of non-ortho nitro benzene ring substituents is 1. The number of nitrogens with one attached hydrogen (secondary N) is 1. The average molecular weight is 426 g/mol. The van der Waals surface area contributed by atoms with Gasteiger partial charge in [-0.1, -0.05) is 0 Å². The van der Waals surface area contributed by atoms with Gasteiger partial charge in [-0.05, 0) is 45.8 Å². The molecule has 1 atom stereocenters. The Bertz CT molecular complexity index is 544. The third-order valence-corrected chi connectivity index (χ3v) is 4.24. The Balaban J connectivity index is 2.81. The molecular formula is C12H14Br2N2O5. The van der Waals surface area contributed by atoms with Gasteiger partial charge < -0.3 is 15.2 Å². The Morgan fingerprint density at radius 3 is 2.38 bits per heavy atom. The highest BCUT2D eigenvalue weighted by Crippen LogP contribution is 2.37. The van der Waals surface area contributed by atoms with Gasteiger partial charge in [-0.15, -0.1) is 0 Å². The molecular weight excluding hydrogens is 412 g/mol. The number of nitro groups is 1. The van der Waals surface area contributed by atoms with Crippen molar-refractivity contribution in [3.63, 3.8) is 0 Å². The van der Waals surface area contributed by atoms with Crippen molar-refractivity contribution in [1.29, 1.82) is 0 Å². The number of hydrogen-bond acceptors (Lipinski definition) is 5. The van der Waals surface area contributed by atoms with Crippen molar-refractivity contribution in [2.75, 3.05) is 13.7 Å². The molecule has 2 N–H and O–H groups in total. The molecule has 1 unspecified atom stereocenters. The number of benzene rings is 1. The molecule has 9 heteroatoms. The number of halogens is 2. The minimum absolute atomic E-state index is 0.0771. The largest absolute Gasteiger partial charge is 0.491 e. The van der Waals surface area contributed by atoms with Gasteiger partial charge in [0, 0.05) is 18.6 Å². The Morgan fingerprint density at radius 2 is 2.00 bits per heavy atom. The number of rotatable bonds is 7. The molecule has 0 aromatic heterocycles. The Morgan fingerprint density at radius 1 is 1.48 bits per heavy atom. The van der Waals surface area contributed by atoms with E-state index in [4.69, 9.17) is 9.84 Å². The molecule has 21 heavy (non-hydrogen) atoms. The predicted octanol–water partition coefficient (Wildman–Crippen LogP) is 2.95. The maximum absolute atomic E-state index is 11.1. The highest BCUT2D eigenvalue weighted by Gasteiger charge is 2.31. The second-order valence-corrected chi connectivity index (χ2v) is 6.19. The summed E-state index contributed by atoms with van der Waals surface area (Å²) >= 11 is 6.40. The summed E-state index contributed by atoms with van der Waals surface area (Å²) in [5, 5.41) is 22.6. The molecule has 7 nitrogen and oxygen atoms in total. The van der Waals surface area contributed by atoms with E-state index in [-0.39, 0.29) is 18.7 Å². The van der Waals surface area contributed by atoms with Crippen molar-refractivity contribution in [3.05, 3.63) is 31.2 Å². The quantitative estimate of drug-likeness (QED) is 0.514. The van der Waals surface area contributed by atoms with Crippen LogP contribution in [0.1, 0.15) is 13.3 Å². The average Bonchev–Trinajstić information content (AvgIpc) is 2.40. The van der Waals surface area contributed by atoms with Crippen LogP contribution in [0.2, 0.25) is 0 Å². The number of carboxylic acids is 1. The van der Waals surface area contributed by atoms with Crippen molar-refractivity contribution < 1.29 is 19.6 Å². The van der Waals surface area contributed by atoms with Crippen molar-refractivity contribution in [2.45, 2.75) is 18.9 Å². The molecule has 0 aliphatic heterocycles. The maximum atomic E-state index is 11.1. The third-order valence-electron chi connectivity index (χ3n) is 3.07. The van der Waals surface area contributed by atoms with Gasteiger partial charge in [0.15, 0.2) is 0 Å². The fourth-order valence-electron chi connectivity index (χ4n) is 1.49. The molecule has 0 radical (unpaired) electrons. The van der Waals surface area contributed by atoms with E-state index in [1.807, 2.05) is 0 Å². The molecule has 1 aromatic carbocycles. The van der Waals surface area contributed by atoms with Crippen molar-refractivity contribution in [2.24, 2.45) is 0 Å². The monoisotopic (exact) mass is 424 g/mol. The number of carboxylic acid groups (broad SMARTS) is 1. The van der Waals surface area contributed by atoms with Crippen LogP contribution in [-0.2, 0) is 4.79 Å². The van der Waals surface area contributed by atoms with Crippen LogP contribution in [0.25, 0.3) is 0 Å². The second kappa shape index (κ2) is 7.19. The zero-order valence-electron chi connectivity index (χ0n) is 11.4. The summed E-state index contributed by atoms with van der Waals surface area (Å²) in [6.07, 6.45) is 0.231. The molecule has 0 saturated heterocycles. The van der Waals surface area contributed by atoms with Crippen LogP contribution in [-0.4, -0.2) is 35.2 Å². The lowest BCUT2D eigenvalue weighted by Gasteiger charge is -2.24. The topological polar surface area (TPSA) is 102 Å². The molecule has 1 aromatic rings. The Kier molecular flexibility index (Phi) is 6.11. The summed E-state index contributed by atoms with van der Waals surface area (Å²) in [6.45, 7) is 1.69. The van der Waals surface area contributed by atoms with E-state index < -0.39 is 16.4 Å². The minimum Gasteiger partial charge on any atom is -0.491 e. The third kappa shape index (κ3) is 4.39. The van der Waals surface area contributed by atoms with Crippen molar-refractivity contribution in [3.8, 4) is 5.75 Å². The Labute approximate surface area is 138 Å². The van der Waals surface area contributed by atoms with Crippen LogP contribution in [0.5, 0.6) is 5.75 Å². The summed E-state index contributed by atoms with van der Waals surface area (Å²) in [4.78, 5) is 21.4. The van der Waals surface area contributed by atoms with E-state index in [1.165, 1.54) is 12.1 Å². The van der Waals surface area contributed by atoms with Gasteiger partial charge in [-0.2, -0.15) is 0 Å². The zero-order valence-corrected chi connectivity index (χ0v) is 14.5. The lowest BCUT2D eigenvalue weighted by Crippen LogP contribution is -2.48. The summed E-state index contributed by atoms with van der Waals surface area (Å²) < 4.78 is 6.37. The molecule has 0 saturated carbocycles. The summed E-state index contributed by atoms with van der Waals surface area (Å²) in [7, 11) is 1.56. The van der Waals surface area contributed by atoms with Crippen molar-refractivity contribution >= 4 is 43.5 Å². The summed E-state index contributed by atoms with van der Waals surface area (Å²) in [5.74, 6) is -0.583. The molecule has 0 amide bonds. The first kappa shape index (κ1) is 17.9. The van der Waals surface area contributed by atoms with Crippen LogP contribution in [0.3, 0.4) is 0 Å². The van der Waals surface area contributed by atoms with Gasteiger partial charge in [0.05, 0.1) is 20.5 Å². The predicted molar refractivity (Wildman–Crippen MR) is 83.7 cm³/mol. The lowest BCUT2D eigenvalue weighted by molar-refractivity contribution is -0.385. The maximum Gasteiger partial charge on any atom is 0.323 e. The molecule has 0 bridgehead atoms. The molecule has 0 spiro atoms. The molecule has 0 fully saturated rings. The Hall–Kier alpha value is -1.19. The highest BCUT2D eigenvalue weighted by atomic mass is 79.9. The summed E-state index contributed by atoms with van der Waals surface area (Å²) in [5.41, 5.74) is -1.17. The van der Waals surface area contributed by atoms with Gasteiger partial charge in [0.1, 0.15) is 11.3 Å². The smallest absolute Gasteiger partial charge is 0.323 e. The number of nitro benzene ring substituents is 1. The van der Waals surface area contributed by atoms with Crippen LogP contribution < -0.4 is 10.1 Å². The second-order valence-electron chi connectivity index (χ2n) is 4.48. The molecule has 1 rings (SSSR count). The van der Waals surface area contributed by atoms with Crippen LogP contribution in [0.15, 0.2) is 21.1 Å². The van der Waals surface area contributed by atoms with E-state index in [0.29, 0.717) is 14.7 Å². The number of hydrogen-bond donors (Lipinski definition) is 2. The number of carbonyl (C=O) groups is 1. The molecule has 0 heterocycles. The van der Waals surface area contributed by atoms with Gasteiger partial charge in [0.25, 0.3) is 5.69 Å². The van der Waals surface area contributed by atoms with E-state index >= 15 is 0 Å². The first-order chi connectivity index (χ1) is 9.71. The normalized spacial score (nSPS) is 13.5. The van der Waals surface area contributed by atoms with E-state index in [9.17, 15) is 14.9 Å². The van der Waals surface area contributed by atoms with Gasteiger partial charge in [-0.3, -0.25) is 14.9 Å². The summed E-state index contributed by atoms with van der Waals surface area (Å²) in [6, 6.07) is 2.66. The number of aliphatic carboxylic acids is 1. The van der Waals surface area contributed by atoms with Crippen LogP contribution >= 0.6 is 31.9 Å². The van der Waals surface area contributed by atoms with E-state index in [2.05, 4.69) is 37.2 Å². The lowest BCUT2D eigenvalue weighted by atomic mass is 9.99. The van der Waals surface area contributed by atoms with E-state index in [1.54, 1.807) is 14.0 Å². The van der Waals surface area contributed by atoms with E-state index in [0.717, 1.165) is 0 Å². The highest BCUT2D eigenvalue weighted by molar-refractivity contribution is 9.11. The first-order valence-electron chi connectivity index (χ1n) is 5.90. The number of nitrogens with zero attached hydrogens (tertiary/aromatic N) is 1. The number of likely N-dealkylation sites (N-methyl/N-ethyl adjacent to an activating group) is 1. The standard InChI is InChI=1S/C12H14Br2N2O5/c1-12(15-2,11(17)18)3-4-21-10-8(13)5-7(16(19)20)6-9(10)14/h5-6,15H,3-4H2,1-2H3,(H,17,18). The van der Waals surface area contributed by atoms with Crippen molar-refractivity contribution in [1.82, 2.24) is 5.32 Å². The van der Waals surface area contributed by atoms with Gasteiger partial charge >= 0.3 is 5.97 Å². The van der Waals surface area contributed by atoms with Gasteiger partial charge in [0.2, 0.25) is 0 Å². The first-order valence-corrected chi connectivity index (χ1v) is 7.48. The fraction of sp³-hybridized carbons (Fsp3) is 0.417. The number of ether oxygens (including phenoxy) is 1. The molecule has 116 valence electrons. The van der Waals surface area contributed by atoms with Crippen LogP contribution in [0, 0.1) is 10.1 Å². The SMILES string of the molecule is CNC(C)(CCOc1c(Br)cc([N+](=O)[O-])cc1Br)C(=O)O. The van der Waals surface area contributed by atoms with Crippen LogP contribution in [0.4, 0.5) is 5.69 Å². The zero-order chi connectivity index (χ0) is 16.2. The fourth-order valence-corrected chi connectivity index (χ4v) is 2.88. The molecule has 0 aliphatic rings. The van der Waals surface area contributed by atoms with Gasteiger partial charge in [-0.25, -0.2) is 0 Å².